The van der Waals surface area contributed by atoms with Crippen LogP contribution in [0.5, 0.6) is 11.5 Å². The number of rotatable bonds is 5. The summed E-state index contributed by atoms with van der Waals surface area (Å²) in [6.07, 6.45) is 1.83. The molecule has 0 spiro atoms. The molecule has 19 heavy (non-hydrogen) atoms. The first kappa shape index (κ1) is 12.3. The van der Waals surface area contributed by atoms with Crippen LogP contribution in [0.25, 0.3) is 0 Å². The van der Waals surface area contributed by atoms with Crippen molar-refractivity contribution in [1.29, 1.82) is 0 Å². The van der Waals surface area contributed by atoms with Gasteiger partial charge in [0.2, 0.25) is 6.79 Å². The maximum Gasteiger partial charge on any atom is 0.324 e. The van der Waals surface area contributed by atoms with Crippen LogP contribution in [0.1, 0.15) is 18.9 Å². The first-order valence-electron chi connectivity index (χ1n) is 6.59. The molecule has 2 atom stereocenters. The van der Waals surface area contributed by atoms with Crippen LogP contribution in [-0.4, -0.2) is 31.5 Å². The summed E-state index contributed by atoms with van der Waals surface area (Å²) in [7, 11) is 0. The molecular weight excluding hydrogens is 246 g/mol. The molecule has 1 fully saturated rings. The number of ether oxygens (including phenoxy) is 3. The second-order valence-corrected chi connectivity index (χ2v) is 4.73. The maximum absolute atomic E-state index is 11.5. The van der Waals surface area contributed by atoms with E-state index in [1.165, 1.54) is 5.56 Å². The minimum Gasteiger partial charge on any atom is -0.465 e. The van der Waals surface area contributed by atoms with E-state index in [-0.39, 0.29) is 18.1 Å². The van der Waals surface area contributed by atoms with Gasteiger partial charge in [-0.3, -0.25) is 10.1 Å². The topological polar surface area (TPSA) is 66.7 Å². The molecule has 2 aliphatic rings. The largest absolute Gasteiger partial charge is 0.465 e. The molecule has 1 saturated heterocycles. The van der Waals surface area contributed by atoms with Crippen molar-refractivity contribution >= 4 is 5.97 Å². The molecule has 0 radical (unpaired) electrons. The van der Waals surface area contributed by atoms with Crippen LogP contribution in [0, 0.1) is 0 Å². The molecule has 3 rings (SSSR count). The Bertz CT molecular complexity index is 488. The predicted octanol–water partition coefficient (Wildman–Crippen LogP) is 1.25. The van der Waals surface area contributed by atoms with Crippen LogP contribution in [0.3, 0.4) is 0 Å². The first-order valence-corrected chi connectivity index (χ1v) is 6.59. The molecular formula is C14H17NO4. The smallest absolute Gasteiger partial charge is 0.324 e. The van der Waals surface area contributed by atoms with Gasteiger partial charge >= 0.3 is 5.97 Å². The summed E-state index contributed by atoms with van der Waals surface area (Å²) in [6.45, 7) is 2.56. The fraction of sp³-hybridized carbons (Fsp3) is 0.500. The van der Waals surface area contributed by atoms with E-state index in [4.69, 9.17) is 14.2 Å². The van der Waals surface area contributed by atoms with E-state index < -0.39 is 0 Å². The lowest BCUT2D eigenvalue weighted by Crippen LogP contribution is -2.15. The van der Waals surface area contributed by atoms with Crippen LogP contribution in [0.4, 0.5) is 0 Å². The Labute approximate surface area is 111 Å². The number of carbonyl (C=O) groups is 1. The quantitative estimate of drug-likeness (QED) is 0.639. The number of esters is 1. The highest BCUT2D eigenvalue weighted by Gasteiger charge is 2.42. The van der Waals surface area contributed by atoms with Crippen LogP contribution in [0.2, 0.25) is 0 Å². The van der Waals surface area contributed by atoms with Crippen LogP contribution in [-0.2, 0) is 16.0 Å². The average Bonchev–Trinajstić information content (AvgIpc) is 3.05. The van der Waals surface area contributed by atoms with Crippen LogP contribution >= 0.6 is 0 Å². The van der Waals surface area contributed by atoms with E-state index in [0.717, 1.165) is 24.3 Å². The molecule has 0 bridgehead atoms. The highest BCUT2D eigenvalue weighted by molar-refractivity contribution is 5.80. The number of hydrogen-bond donors (Lipinski definition) is 1. The summed E-state index contributed by atoms with van der Waals surface area (Å²) in [5.41, 5.74) is 1.19. The number of nitrogens with one attached hydrogen (secondary N) is 1. The Hall–Kier alpha value is -1.75. The standard InChI is InChI=1S/C14H17NO4/c1-2-17-14(16)13-10(15-13)5-3-9-4-6-11-12(7-9)19-8-18-11/h4,6-7,10,13,15H,2-3,5,8H2,1H3. The SMILES string of the molecule is CCOC(=O)C1NC1CCc1ccc2c(c1)OCO2. The minimum absolute atomic E-state index is 0.117. The molecule has 1 N–H and O–H groups in total. The van der Waals surface area contributed by atoms with Gasteiger partial charge in [0.25, 0.3) is 0 Å². The van der Waals surface area contributed by atoms with Gasteiger partial charge in [0, 0.05) is 6.04 Å². The number of hydrogen-bond acceptors (Lipinski definition) is 5. The van der Waals surface area contributed by atoms with Crippen molar-refractivity contribution in [1.82, 2.24) is 5.32 Å². The van der Waals surface area contributed by atoms with Crippen molar-refractivity contribution in [3.05, 3.63) is 23.8 Å². The molecule has 2 aliphatic heterocycles. The number of benzene rings is 1. The molecule has 1 aromatic rings. The normalized spacial score (nSPS) is 23.2. The van der Waals surface area contributed by atoms with Crippen molar-refractivity contribution in [2.45, 2.75) is 31.8 Å². The lowest BCUT2D eigenvalue weighted by molar-refractivity contribution is -0.142. The van der Waals surface area contributed by atoms with E-state index in [0.29, 0.717) is 13.4 Å². The highest BCUT2D eigenvalue weighted by atomic mass is 16.7. The predicted molar refractivity (Wildman–Crippen MR) is 68.2 cm³/mol. The molecule has 0 saturated carbocycles. The zero-order valence-corrected chi connectivity index (χ0v) is 10.8. The van der Waals surface area contributed by atoms with Gasteiger partial charge in [0.05, 0.1) is 6.61 Å². The molecule has 5 heteroatoms. The third-order valence-electron chi connectivity index (χ3n) is 3.41. The van der Waals surface area contributed by atoms with Crippen molar-refractivity contribution in [2.24, 2.45) is 0 Å². The zero-order valence-electron chi connectivity index (χ0n) is 10.8. The summed E-state index contributed by atoms with van der Waals surface area (Å²) in [4.78, 5) is 11.5. The fourth-order valence-corrected chi connectivity index (χ4v) is 2.31. The van der Waals surface area contributed by atoms with Gasteiger partial charge in [-0.15, -0.1) is 0 Å². The number of carbonyl (C=O) groups excluding carboxylic acids is 1. The Morgan fingerprint density at radius 1 is 1.42 bits per heavy atom. The zero-order chi connectivity index (χ0) is 13.2. The Morgan fingerprint density at radius 3 is 3.11 bits per heavy atom. The van der Waals surface area contributed by atoms with Gasteiger partial charge in [0.1, 0.15) is 6.04 Å². The second-order valence-electron chi connectivity index (χ2n) is 4.73. The molecule has 0 amide bonds. The lowest BCUT2D eigenvalue weighted by Gasteiger charge is -2.02. The molecule has 1 aromatic carbocycles. The van der Waals surface area contributed by atoms with Gasteiger partial charge in [-0.2, -0.15) is 0 Å². The highest BCUT2D eigenvalue weighted by Crippen LogP contribution is 2.33. The minimum atomic E-state index is -0.141. The van der Waals surface area contributed by atoms with Gasteiger partial charge in [0.15, 0.2) is 11.5 Å². The Morgan fingerprint density at radius 2 is 2.26 bits per heavy atom. The summed E-state index contributed by atoms with van der Waals surface area (Å²) in [6, 6.07) is 6.10. The van der Waals surface area contributed by atoms with Gasteiger partial charge in [-0.25, -0.2) is 0 Å². The maximum atomic E-state index is 11.5. The van der Waals surface area contributed by atoms with E-state index in [1.54, 1.807) is 0 Å². The molecule has 0 aliphatic carbocycles. The average molecular weight is 263 g/mol. The fourth-order valence-electron chi connectivity index (χ4n) is 2.31. The summed E-state index contributed by atoms with van der Waals surface area (Å²) in [5.74, 6) is 1.47. The van der Waals surface area contributed by atoms with Gasteiger partial charge < -0.3 is 14.2 Å². The van der Waals surface area contributed by atoms with Gasteiger partial charge in [-0.05, 0) is 37.5 Å². The van der Waals surface area contributed by atoms with Crippen molar-refractivity contribution in [3.63, 3.8) is 0 Å². The third kappa shape index (κ3) is 2.66. The van der Waals surface area contributed by atoms with E-state index >= 15 is 0 Å². The number of fused-ring (bicyclic) bond motifs is 1. The molecule has 102 valence electrons. The summed E-state index contributed by atoms with van der Waals surface area (Å²) < 4.78 is 15.6. The molecule has 2 unspecified atom stereocenters. The Kier molecular flexibility index (Phi) is 3.29. The van der Waals surface area contributed by atoms with Crippen LogP contribution < -0.4 is 14.8 Å². The molecule has 5 nitrogen and oxygen atoms in total. The molecule has 2 heterocycles. The summed E-state index contributed by atoms with van der Waals surface area (Å²) in [5, 5.41) is 3.15. The Balaban J connectivity index is 1.50. The monoisotopic (exact) mass is 263 g/mol. The second kappa shape index (κ2) is 5.09. The third-order valence-corrected chi connectivity index (χ3v) is 3.41. The van der Waals surface area contributed by atoms with Gasteiger partial charge in [-0.1, -0.05) is 6.07 Å². The first-order chi connectivity index (χ1) is 9.28. The van der Waals surface area contributed by atoms with E-state index in [1.807, 2.05) is 25.1 Å². The van der Waals surface area contributed by atoms with Crippen molar-refractivity contribution < 1.29 is 19.0 Å². The van der Waals surface area contributed by atoms with E-state index in [2.05, 4.69) is 5.32 Å². The van der Waals surface area contributed by atoms with E-state index in [9.17, 15) is 4.79 Å². The van der Waals surface area contributed by atoms with Crippen molar-refractivity contribution in [2.75, 3.05) is 13.4 Å². The number of aryl methyl sites for hydroxylation is 1. The van der Waals surface area contributed by atoms with Crippen LogP contribution in [0.15, 0.2) is 18.2 Å². The van der Waals surface area contributed by atoms with Crippen molar-refractivity contribution in [3.8, 4) is 11.5 Å². The molecule has 0 aromatic heterocycles. The lowest BCUT2D eigenvalue weighted by atomic mass is 10.1. The summed E-state index contributed by atoms with van der Waals surface area (Å²) >= 11 is 0.